The Labute approximate surface area is 104 Å². The number of hydrogen-bond acceptors (Lipinski definition) is 4. The third-order valence-corrected chi connectivity index (χ3v) is 3.16. The number of rotatable bonds is 5. The van der Waals surface area contributed by atoms with Crippen LogP contribution in [-0.4, -0.2) is 36.9 Å². The number of hydrogen-bond donors (Lipinski definition) is 1. The second-order valence-electron chi connectivity index (χ2n) is 4.96. The highest BCUT2D eigenvalue weighted by molar-refractivity contribution is 5.71. The van der Waals surface area contributed by atoms with Gasteiger partial charge in [0.25, 0.3) is 0 Å². The summed E-state index contributed by atoms with van der Waals surface area (Å²) in [5.74, 6) is -0.116. The molecule has 1 rings (SSSR count). The van der Waals surface area contributed by atoms with Crippen molar-refractivity contribution in [2.75, 3.05) is 13.2 Å². The van der Waals surface area contributed by atoms with Gasteiger partial charge in [0.15, 0.2) is 0 Å². The van der Waals surface area contributed by atoms with Gasteiger partial charge in [-0.2, -0.15) is 0 Å². The molecule has 1 heterocycles. The number of carbonyl (C=O) groups is 1. The quantitative estimate of drug-likeness (QED) is 0.749. The summed E-state index contributed by atoms with van der Waals surface area (Å²) in [5, 5.41) is 3.47. The third kappa shape index (κ3) is 4.28. The van der Waals surface area contributed by atoms with E-state index in [2.05, 4.69) is 26.1 Å². The molecule has 17 heavy (non-hydrogen) atoms. The van der Waals surface area contributed by atoms with Crippen molar-refractivity contribution in [1.29, 1.82) is 0 Å². The van der Waals surface area contributed by atoms with E-state index in [4.69, 9.17) is 9.47 Å². The first kappa shape index (κ1) is 14.5. The number of carbonyl (C=O) groups excluding carboxylic acids is 1. The summed E-state index contributed by atoms with van der Waals surface area (Å²) in [4.78, 5) is 11.7. The SMILES string of the molecule is CCNC1(CC(=O)OCC)CC(C)OC(C)C1. The molecule has 0 saturated carbocycles. The molecule has 4 heteroatoms. The lowest BCUT2D eigenvalue weighted by Crippen LogP contribution is -2.54. The van der Waals surface area contributed by atoms with Crippen molar-refractivity contribution in [1.82, 2.24) is 5.32 Å². The van der Waals surface area contributed by atoms with Gasteiger partial charge in [-0.05, 0) is 40.2 Å². The average Bonchev–Trinajstić information content (AvgIpc) is 2.15. The van der Waals surface area contributed by atoms with Crippen molar-refractivity contribution in [3.05, 3.63) is 0 Å². The summed E-state index contributed by atoms with van der Waals surface area (Å²) in [6, 6.07) is 0. The van der Waals surface area contributed by atoms with E-state index in [0.717, 1.165) is 19.4 Å². The molecular weight excluding hydrogens is 218 g/mol. The second kappa shape index (κ2) is 6.36. The van der Waals surface area contributed by atoms with E-state index in [1.807, 2.05) is 6.92 Å². The van der Waals surface area contributed by atoms with Gasteiger partial charge >= 0.3 is 5.97 Å². The maximum Gasteiger partial charge on any atom is 0.307 e. The molecule has 0 bridgehead atoms. The van der Waals surface area contributed by atoms with E-state index in [-0.39, 0.29) is 23.7 Å². The zero-order chi connectivity index (χ0) is 12.9. The van der Waals surface area contributed by atoms with Crippen LogP contribution in [0.4, 0.5) is 0 Å². The molecule has 4 nitrogen and oxygen atoms in total. The summed E-state index contributed by atoms with van der Waals surface area (Å²) in [5.41, 5.74) is -0.155. The van der Waals surface area contributed by atoms with Crippen molar-refractivity contribution in [2.45, 2.75) is 64.7 Å². The maximum absolute atomic E-state index is 11.7. The highest BCUT2D eigenvalue weighted by Crippen LogP contribution is 2.31. The normalized spacial score (nSPS) is 33.4. The zero-order valence-corrected chi connectivity index (χ0v) is 11.4. The van der Waals surface area contributed by atoms with Crippen LogP contribution in [0, 0.1) is 0 Å². The Bertz CT molecular complexity index is 245. The van der Waals surface area contributed by atoms with Crippen LogP contribution in [0.25, 0.3) is 0 Å². The van der Waals surface area contributed by atoms with Crippen LogP contribution in [0.15, 0.2) is 0 Å². The molecule has 0 radical (unpaired) electrons. The minimum absolute atomic E-state index is 0.116. The van der Waals surface area contributed by atoms with E-state index in [0.29, 0.717) is 13.0 Å². The average molecular weight is 243 g/mol. The first-order valence-corrected chi connectivity index (χ1v) is 6.57. The van der Waals surface area contributed by atoms with Crippen molar-refractivity contribution in [2.24, 2.45) is 0 Å². The molecule has 1 aliphatic heterocycles. The summed E-state index contributed by atoms with van der Waals surface area (Å²) < 4.78 is 10.8. The highest BCUT2D eigenvalue weighted by atomic mass is 16.5. The fraction of sp³-hybridized carbons (Fsp3) is 0.923. The van der Waals surface area contributed by atoms with E-state index < -0.39 is 0 Å². The molecule has 0 aromatic carbocycles. The van der Waals surface area contributed by atoms with Crippen LogP contribution < -0.4 is 5.32 Å². The summed E-state index contributed by atoms with van der Waals surface area (Å²) in [6.07, 6.45) is 2.54. The van der Waals surface area contributed by atoms with E-state index >= 15 is 0 Å². The first-order chi connectivity index (χ1) is 8.01. The van der Waals surface area contributed by atoms with Crippen molar-refractivity contribution in [3.8, 4) is 0 Å². The van der Waals surface area contributed by atoms with Gasteiger partial charge in [-0.25, -0.2) is 0 Å². The lowest BCUT2D eigenvalue weighted by atomic mass is 9.81. The van der Waals surface area contributed by atoms with Crippen molar-refractivity contribution < 1.29 is 14.3 Å². The number of esters is 1. The summed E-state index contributed by atoms with van der Waals surface area (Å²) >= 11 is 0. The second-order valence-corrected chi connectivity index (χ2v) is 4.96. The smallest absolute Gasteiger partial charge is 0.307 e. The molecule has 0 amide bonds. The Morgan fingerprint density at radius 1 is 1.35 bits per heavy atom. The first-order valence-electron chi connectivity index (χ1n) is 6.57. The minimum Gasteiger partial charge on any atom is -0.466 e. The molecule has 0 spiro atoms. The van der Waals surface area contributed by atoms with Gasteiger partial charge in [0.1, 0.15) is 0 Å². The van der Waals surface area contributed by atoms with Crippen LogP contribution in [0.3, 0.4) is 0 Å². The Morgan fingerprint density at radius 3 is 2.41 bits per heavy atom. The van der Waals surface area contributed by atoms with Crippen LogP contribution in [0.1, 0.15) is 47.0 Å². The molecule has 1 N–H and O–H groups in total. The van der Waals surface area contributed by atoms with Crippen molar-refractivity contribution in [3.63, 3.8) is 0 Å². The Kier molecular flexibility index (Phi) is 5.40. The molecule has 100 valence electrons. The number of ether oxygens (including phenoxy) is 2. The molecule has 2 unspecified atom stereocenters. The van der Waals surface area contributed by atoms with E-state index in [1.165, 1.54) is 0 Å². The Hall–Kier alpha value is -0.610. The fourth-order valence-corrected chi connectivity index (χ4v) is 2.89. The molecule has 1 fully saturated rings. The van der Waals surface area contributed by atoms with Crippen LogP contribution in [0.2, 0.25) is 0 Å². The standard InChI is InChI=1S/C13H25NO3/c1-5-14-13(9-12(15)16-6-2)7-10(3)17-11(4)8-13/h10-11,14H,5-9H2,1-4H3. The van der Waals surface area contributed by atoms with Gasteiger partial charge in [0.2, 0.25) is 0 Å². The predicted molar refractivity (Wildman–Crippen MR) is 66.9 cm³/mol. The zero-order valence-electron chi connectivity index (χ0n) is 11.4. The Morgan fingerprint density at radius 2 is 1.94 bits per heavy atom. The number of nitrogens with one attached hydrogen (secondary N) is 1. The molecule has 1 saturated heterocycles. The third-order valence-electron chi connectivity index (χ3n) is 3.16. The lowest BCUT2D eigenvalue weighted by molar-refractivity contribution is -0.147. The maximum atomic E-state index is 11.7. The highest BCUT2D eigenvalue weighted by Gasteiger charge is 2.39. The monoisotopic (exact) mass is 243 g/mol. The summed E-state index contributed by atoms with van der Waals surface area (Å²) in [6.45, 7) is 9.34. The molecule has 2 atom stereocenters. The minimum atomic E-state index is -0.155. The van der Waals surface area contributed by atoms with Gasteiger partial charge in [0.05, 0.1) is 25.2 Å². The van der Waals surface area contributed by atoms with Gasteiger partial charge < -0.3 is 14.8 Å². The van der Waals surface area contributed by atoms with E-state index in [1.54, 1.807) is 0 Å². The molecule has 0 aromatic heterocycles. The summed E-state index contributed by atoms with van der Waals surface area (Å²) in [7, 11) is 0. The predicted octanol–water partition coefficient (Wildman–Crippen LogP) is 1.88. The van der Waals surface area contributed by atoms with Crippen LogP contribution in [-0.2, 0) is 14.3 Å². The van der Waals surface area contributed by atoms with Gasteiger partial charge in [0, 0.05) is 5.54 Å². The molecule has 0 aliphatic carbocycles. The van der Waals surface area contributed by atoms with Crippen molar-refractivity contribution >= 4 is 5.97 Å². The molecule has 0 aromatic rings. The topological polar surface area (TPSA) is 47.6 Å². The van der Waals surface area contributed by atoms with Gasteiger partial charge in [-0.1, -0.05) is 6.92 Å². The molecule has 1 aliphatic rings. The van der Waals surface area contributed by atoms with Crippen LogP contribution >= 0.6 is 0 Å². The lowest BCUT2D eigenvalue weighted by Gasteiger charge is -2.43. The van der Waals surface area contributed by atoms with Gasteiger partial charge in [-0.15, -0.1) is 0 Å². The Balaban J connectivity index is 2.69. The molecular formula is C13H25NO3. The van der Waals surface area contributed by atoms with Gasteiger partial charge in [-0.3, -0.25) is 4.79 Å². The largest absolute Gasteiger partial charge is 0.466 e. The van der Waals surface area contributed by atoms with E-state index in [9.17, 15) is 4.79 Å². The van der Waals surface area contributed by atoms with Crippen LogP contribution in [0.5, 0.6) is 0 Å². The fourth-order valence-electron chi connectivity index (χ4n) is 2.89.